The Bertz CT molecular complexity index is 704. The molecule has 2 rings (SSSR count). The minimum atomic E-state index is -3.65. The molecule has 1 unspecified atom stereocenters. The molecule has 1 aliphatic heterocycles. The molecule has 0 bridgehead atoms. The number of carbonyl (C=O) groups excluding carboxylic acids is 1. The number of carbonyl (C=O) groups is 1. The van der Waals surface area contributed by atoms with E-state index in [0.29, 0.717) is 6.42 Å². The largest absolute Gasteiger partial charge is 0.370 e. The summed E-state index contributed by atoms with van der Waals surface area (Å²) in [6.45, 7) is 0.746. The Morgan fingerprint density at radius 3 is 2.67 bits per heavy atom. The second kappa shape index (κ2) is 8.43. The number of nitrogens with two attached hydrogens (primary N) is 1. The van der Waals surface area contributed by atoms with E-state index >= 15 is 0 Å². The lowest BCUT2D eigenvalue weighted by Crippen LogP contribution is -2.55. The van der Waals surface area contributed by atoms with Crippen LogP contribution in [0, 0.1) is 5.41 Å². The number of sulfonamides is 1. The van der Waals surface area contributed by atoms with Gasteiger partial charge in [-0.2, -0.15) is 0 Å². The smallest absolute Gasteiger partial charge is 0.261 e. The minimum absolute atomic E-state index is 0. The van der Waals surface area contributed by atoms with E-state index in [0.717, 1.165) is 19.4 Å². The molecule has 5 N–H and O–H groups in total. The molecule has 1 aromatic carbocycles. The Hall–Kier alpha value is -1.68. The lowest BCUT2D eigenvalue weighted by Gasteiger charge is -2.33. The van der Waals surface area contributed by atoms with Crippen molar-refractivity contribution < 1.29 is 13.2 Å². The number of rotatable bonds is 4. The molecule has 1 fully saturated rings. The molecule has 1 heterocycles. The van der Waals surface area contributed by atoms with Crippen molar-refractivity contribution in [3.05, 3.63) is 29.8 Å². The second-order valence-corrected chi connectivity index (χ2v) is 7.15. The van der Waals surface area contributed by atoms with Crippen molar-refractivity contribution in [2.45, 2.75) is 30.3 Å². The third-order valence-electron chi connectivity index (χ3n) is 3.73. The number of benzene rings is 1. The number of hydrogen-bond acceptors (Lipinski definition) is 5. The standard InChI is InChI=1S/C14H21N5O3S.ClH/c1-17-23(21,22)11-6-4-5-10(9-11)13(20)19(14(15)16)12-7-2-3-8-18-12;/h4-6,9,12,17-18H,2-3,7-8H2,1H3,(H3,15,16);1H. The fourth-order valence-corrected chi connectivity index (χ4v) is 3.30. The maximum atomic E-state index is 12.7. The molecule has 0 aromatic heterocycles. The second-order valence-electron chi connectivity index (χ2n) is 5.26. The number of amides is 1. The molecule has 0 saturated carbocycles. The molecule has 1 aliphatic rings. The van der Waals surface area contributed by atoms with Crippen molar-refractivity contribution in [1.29, 1.82) is 5.41 Å². The summed E-state index contributed by atoms with van der Waals surface area (Å²) in [5.41, 5.74) is 5.74. The lowest BCUT2D eigenvalue weighted by molar-refractivity contribution is 0.0753. The van der Waals surface area contributed by atoms with E-state index in [4.69, 9.17) is 11.1 Å². The molecular weight excluding hydrogens is 354 g/mol. The van der Waals surface area contributed by atoms with Crippen LogP contribution in [0.25, 0.3) is 0 Å². The van der Waals surface area contributed by atoms with E-state index in [1.165, 1.54) is 36.2 Å². The van der Waals surface area contributed by atoms with Crippen LogP contribution in [0.5, 0.6) is 0 Å². The van der Waals surface area contributed by atoms with Gasteiger partial charge in [0.15, 0.2) is 5.96 Å². The molecule has 0 aliphatic carbocycles. The Labute approximate surface area is 147 Å². The van der Waals surface area contributed by atoms with Crippen molar-refractivity contribution in [3.63, 3.8) is 0 Å². The number of guanidine groups is 1. The van der Waals surface area contributed by atoms with Crippen molar-refractivity contribution >= 4 is 34.3 Å². The first-order chi connectivity index (χ1) is 10.9. The van der Waals surface area contributed by atoms with Crippen LogP contribution < -0.4 is 15.8 Å². The topological polar surface area (TPSA) is 128 Å². The zero-order valence-electron chi connectivity index (χ0n) is 13.3. The van der Waals surface area contributed by atoms with Gasteiger partial charge in [0, 0.05) is 5.56 Å². The summed E-state index contributed by atoms with van der Waals surface area (Å²) < 4.78 is 25.9. The highest BCUT2D eigenvalue weighted by Crippen LogP contribution is 2.17. The zero-order chi connectivity index (χ0) is 17.0. The predicted molar refractivity (Wildman–Crippen MR) is 93.7 cm³/mol. The van der Waals surface area contributed by atoms with Gasteiger partial charge < -0.3 is 5.73 Å². The predicted octanol–water partition coefficient (Wildman–Crippen LogP) is 0.452. The van der Waals surface area contributed by atoms with E-state index in [1.807, 2.05) is 0 Å². The van der Waals surface area contributed by atoms with Gasteiger partial charge in [0.05, 0.1) is 11.1 Å². The molecule has 1 atom stereocenters. The van der Waals surface area contributed by atoms with Crippen LogP contribution in [-0.2, 0) is 10.0 Å². The van der Waals surface area contributed by atoms with Gasteiger partial charge in [-0.3, -0.25) is 20.4 Å². The Morgan fingerprint density at radius 2 is 2.12 bits per heavy atom. The summed E-state index contributed by atoms with van der Waals surface area (Å²) in [5.74, 6) is -0.860. The third kappa shape index (κ3) is 4.44. The first kappa shape index (κ1) is 20.4. The van der Waals surface area contributed by atoms with Crippen LogP contribution in [0.2, 0.25) is 0 Å². The molecule has 24 heavy (non-hydrogen) atoms. The molecule has 134 valence electrons. The molecular formula is C14H22ClN5O3S. The number of nitrogens with one attached hydrogen (secondary N) is 3. The average Bonchev–Trinajstić information content (AvgIpc) is 2.55. The van der Waals surface area contributed by atoms with Crippen LogP contribution in [0.15, 0.2) is 29.2 Å². The summed E-state index contributed by atoms with van der Waals surface area (Å²) in [4.78, 5) is 13.9. The van der Waals surface area contributed by atoms with E-state index in [9.17, 15) is 13.2 Å². The molecule has 0 spiro atoms. The lowest BCUT2D eigenvalue weighted by atomic mass is 10.1. The molecule has 1 aromatic rings. The van der Waals surface area contributed by atoms with Gasteiger partial charge in [-0.05, 0) is 51.1 Å². The van der Waals surface area contributed by atoms with Crippen molar-refractivity contribution in [2.24, 2.45) is 5.73 Å². The highest BCUT2D eigenvalue weighted by atomic mass is 35.5. The van der Waals surface area contributed by atoms with Gasteiger partial charge in [0.2, 0.25) is 10.0 Å². The average molecular weight is 376 g/mol. The SMILES string of the molecule is CNS(=O)(=O)c1cccc(C(=O)N(C(=N)N)C2CCCCN2)c1.Cl. The number of halogens is 1. The van der Waals surface area contributed by atoms with E-state index in [-0.39, 0.29) is 35.0 Å². The maximum absolute atomic E-state index is 12.7. The van der Waals surface area contributed by atoms with Crippen LogP contribution in [-0.4, -0.2) is 44.9 Å². The normalized spacial score (nSPS) is 17.6. The van der Waals surface area contributed by atoms with Crippen molar-refractivity contribution in [2.75, 3.05) is 13.6 Å². The van der Waals surface area contributed by atoms with Crippen molar-refractivity contribution in [1.82, 2.24) is 14.9 Å². The summed E-state index contributed by atoms with van der Waals surface area (Å²) in [6, 6.07) is 5.69. The molecule has 10 heteroatoms. The Kier molecular flexibility index (Phi) is 7.15. The van der Waals surface area contributed by atoms with Gasteiger partial charge in [-0.15, -0.1) is 12.4 Å². The van der Waals surface area contributed by atoms with Gasteiger partial charge in [0.25, 0.3) is 5.91 Å². The quantitative estimate of drug-likeness (QED) is 0.448. The van der Waals surface area contributed by atoms with Crippen LogP contribution in [0.3, 0.4) is 0 Å². The minimum Gasteiger partial charge on any atom is -0.370 e. The van der Waals surface area contributed by atoms with Gasteiger partial charge in [-0.1, -0.05) is 6.07 Å². The summed E-state index contributed by atoms with van der Waals surface area (Å²) in [7, 11) is -2.34. The maximum Gasteiger partial charge on any atom is 0.261 e. The summed E-state index contributed by atoms with van der Waals surface area (Å²) in [6.07, 6.45) is 2.29. The van der Waals surface area contributed by atoms with Gasteiger partial charge in [0.1, 0.15) is 0 Å². The summed E-state index contributed by atoms with van der Waals surface area (Å²) >= 11 is 0. The van der Waals surface area contributed by atoms with Crippen LogP contribution >= 0.6 is 12.4 Å². The highest BCUT2D eigenvalue weighted by molar-refractivity contribution is 7.89. The fraction of sp³-hybridized carbons (Fsp3) is 0.429. The monoisotopic (exact) mass is 375 g/mol. The molecule has 0 radical (unpaired) electrons. The van der Waals surface area contributed by atoms with Crippen LogP contribution in [0.4, 0.5) is 0 Å². The van der Waals surface area contributed by atoms with Crippen molar-refractivity contribution in [3.8, 4) is 0 Å². The van der Waals surface area contributed by atoms with Gasteiger partial charge >= 0.3 is 0 Å². The fourth-order valence-electron chi connectivity index (χ4n) is 2.53. The number of piperidine rings is 1. The van der Waals surface area contributed by atoms with E-state index in [1.54, 1.807) is 0 Å². The molecule has 1 amide bonds. The van der Waals surface area contributed by atoms with E-state index < -0.39 is 15.9 Å². The number of nitrogens with zero attached hydrogens (tertiary/aromatic N) is 1. The highest BCUT2D eigenvalue weighted by Gasteiger charge is 2.28. The van der Waals surface area contributed by atoms with E-state index in [2.05, 4.69) is 10.0 Å². The summed E-state index contributed by atoms with van der Waals surface area (Å²) in [5, 5.41) is 10.9. The molecule has 8 nitrogen and oxygen atoms in total. The first-order valence-corrected chi connectivity index (χ1v) is 8.79. The molecule has 1 saturated heterocycles. The first-order valence-electron chi connectivity index (χ1n) is 7.31. The zero-order valence-corrected chi connectivity index (χ0v) is 14.9. The van der Waals surface area contributed by atoms with Gasteiger partial charge in [-0.25, -0.2) is 13.1 Å². The third-order valence-corrected chi connectivity index (χ3v) is 5.15. The van der Waals surface area contributed by atoms with Crippen LogP contribution in [0.1, 0.15) is 29.6 Å². The number of hydrogen-bond donors (Lipinski definition) is 4. The Morgan fingerprint density at radius 1 is 1.42 bits per heavy atom. The Balaban J connectivity index is 0.00000288.